The second-order valence-electron chi connectivity index (χ2n) is 9.11. The van der Waals surface area contributed by atoms with E-state index in [0.717, 1.165) is 59.8 Å². The number of benzene rings is 3. The maximum atomic E-state index is 12.7. The van der Waals surface area contributed by atoms with Crippen LogP contribution in [0.25, 0.3) is 5.57 Å². The van der Waals surface area contributed by atoms with Crippen LogP contribution in [-0.4, -0.2) is 38.1 Å². The number of carbonyl (C=O) groups is 1. The normalized spacial score (nSPS) is 13.8. The summed E-state index contributed by atoms with van der Waals surface area (Å²) in [5.74, 6) is 1.48. The molecule has 1 heterocycles. The zero-order valence-electron chi connectivity index (χ0n) is 21.1. The molecule has 5 nitrogen and oxygen atoms in total. The van der Waals surface area contributed by atoms with E-state index < -0.39 is 0 Å². The second-order valence-corrected chi connectivity index (χ2v) is 9.11. The number of hydrogen-bond acceptors (Lipinski definition) is 4. The van der Waals surface area contributed by atoms with E-state index in [2.05, 4.69) is 46.6 Å². The highest BCUT2D eigenvalue weighted by Gasteiger charge is 2.15. The number of nitrogens with one attached hydrogen (secondary N) is 1. The highest BCUT2D eigenvalue weighted by molar-refractivity contribution is 5.95. The van der Waals surface area contributed by atoms with Crippen LogP contribution in [0, 0.1) is 13.8 Å². The lowest BCUT2D eigenvalue weighted by Gasteiger charge is -2.27. The van der Waals surface area contributed by atoms with E-state index in [9.17, 15) is 4.79 Å². The number of hydrogen-bond donors (Lipinski definition) is 1. The molecule has 4 rings (SSSR count). The van der Waals surface area contributed by atoms with E-state index in [1.165, 1.54) is 16.7 Å². The van der Waals surface area contributed by atoms with E-state index in [4.69, 9.17) is 9.47 Å². The van der Waals surface area contributed by atoms with Gasteiger partial charge < -0.3 is 14.8 Å². The molecule has 1 amide bonds. The van der Waals surface area contributed by atoms with Crippen LogP contribution in [0.3, 0.4) is 0 Å². The fourth-order valence-electron chi connectivity index (χ4n) is 4.58. The third-order valence-electron chi connectivity index (χ3n) is 6.52. The maximum absolute atomic E-state index is 12.7. The smallest absolute Gasteiger partial charge is 0.251 e. The van der Waals surface area contributed by atoms with Crippen molar-refractivity contribution >= 4 is 11.5 Å². The van der Waals surface area contributed by atoms with Crippen LogP contribution in [-0.2, 0) is 13.1 Å². The fraction of sp³-hybridized carbons (Fsp3) is 0.300. The minimum Gasteiger partial charge on any atom is -0.493 e. The predicted octanol–water partition coefficient (Wildman–Crippen LogP) is 5.54. The van der Waals surface area contributed by atoms with Gasteiger partial charge in [0.1, 0.15) is 0 Å². The molecule has 0 saturated heterocycles. The summed E-state index contributed by atoms with van der Waals surface area (Å²) in [7, 11) is 3.32. The zero-order chi connectivity index (χ0) is 24.8. The Morgan fingerprint density at radius 2 is 1.77 bits per heavy atom. The van der Waals surface area contributed by atoms with E-state index >= 15 is 0 Å². The third kappa shape index (κ3) is 6.11. The van der Waals surface area contributed by atoms with Crippen molar-refractivity contribution < 1.29 is 14.3 Å². The number of methoxy groups -OCH3 is 2. The summed E-state index contributed by atoms with van der Waals surface area (Å²) in [5, 5.41) is 3.07. The summed E-state index contributed by atoms with van der Waals surface area (Å²) in [6, 6.07) is 20.5. The van der Waals surface area contributed by atoms with Gasteiger partial charge in [0.05, 0.1) is 14.2 Å². The number of amides is 1. The first-order valence-electron chi connectivity index (χ1n) is 12.0. The van der Waals surface area contributed by atoms with Crippen LogP contribution in [0.2, 0.25) is 0 Å². The monoisotopic (exact) mass is 470 g/mol. The molecule has 0 saturated carbocycles. The SMILES string of the molecule is COc1ccc(CN2CC=C(c3cccc(CNC(=O)c4ccc(C)cc4C)c3)CC2)cc1OC. The molecular formula is C30H34N2O3. The van der Waals surface area contributed by atoms with Gasteiger partial charge in [-0.05, 0) is 72.4 Å². The van der Waals surface area contributed by atoms with Crippen molar-refractivity contribution in [3.05, 3.63) is 100 Å². The molecule has 0 aliphatic carbocycles. The van der Waals surface area contributed by atoms with Crippen LogP contribution in [0.5, 0.6) is 11.5 Å². The summed E-state index contributed by atoms with van der Waals surface area (Å²) in [4.78, 5) is 15.1. The third-order valence-corrected chi connectivity index (χ3v) is 6.52. The maximum Gasteiger partial charge on any atom is 0.251 e. The summed E-state index contributed by atoms with van der Waals surface area (Å²) >= 11 is 0. The van der Waals surface area contributed by atoms with Gasteiger partial charge in [-0.3, -0.25) is 9.69 Å². The molecule has 35 heavy (non-hydrogen) atoms. The Labute approximate surface area is 208 Å². The standard InChI is InChI=1S/C30H34N2O3/c1-21-8-10-27(22(2)16-21)30(33)31-19-23-6-5-7-26(17-23)25-12-14-32(15-13-25)20-24-9-11-28(34-3)29(18-24)35-4/h5-12,16-18H,13-15,19-20H2,1-4H3,(H,31,33). The van der Waals surface area contributed by atoms with Gasteiger partial charge in [-0.2, -0.15) is 0 Å². The Morgan fingerprint density at radius 3 is 2.49 bits per heavy atom. The number of ether oxygens (including phenoxy) is 2. The van der Waals surface area contributed by atoms with E-state index in [1.54, 1.807) is 14.2 Å². The quantitative estimate of drug-likeness (QED) is 0.470. The molecule has 0 radical (unpaired) electrons. The average Bonchev–Trinajstić information content (AvgIpc) is 2.88. The van der Waals surface area contributed by atoms with Crippen molar-refractivity contribution in [2.24, 2.45) is 0 Å². The Morgan fingerprint density at radius 1 is 0.943 bits per heavy atom. The molecule has 3 aromatic carbocycles. The van der Waals surface area contributed by atoms with Gasteiger partial charge in [0.15, 0.2) is 11.5 Å². The van der Waals surface area contributed by atoms with Crippen molar-refractivity contribution in [2.75, 3.05) is 27.3 Å². The van der Waals surface area contributed by atoms with Gasteiger partial charge in [0.2, 0.25) is 0 Å². The topological polar surface area (TPSA) is 50.8 Å². The van der Waals surface area contributed by atoms with Crippen molar-refractivity contribution in [2.45, 2.75) is 33.4 Å². The van der Waals surface area contributed by atoms with Gasteiger partial charge in [-0.25, -0.2) is 0 Å². The molecule has 0 atom stereocenters. The Kier molecular flexibility index (Phi) is 7.88. The molecule has 5 heteroatoms. The number of carbonyl (C=O) groups excluding carboxylic acids is 1. The highest BCUT2D eigenvalue weighted by Crippen LogP contribution is 2.29. The lowest BCUT2D eigenvalue weighted by Crippen LogP contribution is -2.28. The molecule has 0 aromatic heterocycles. The minimum absolute atomic E-state index is 0.0319. The number of rotatable bonds is 8. The first-order valence-corrected chi connectivity index (χ1v) is 12.0. The molecule has 0 spiro atoms. The van der Waals surface area contributed by atoms with Gasteiger partial charge in [0, 0.05) is 31.7 Å². The molecule has 0 unspecified atom stereocenters. The summed E-state index contributed by atoms with van der Waals surface area (Å²) in [6.45, 7) is 7.29. The molecule has 3 aromatic rings. The molecule has 0 fully saturated rings. The van der Waals surface area contributed by atoms with E-state index in [0.29, 0.717) is 6.54 Å². The van der Waals surface area contributed by atoms with Crippen LogP contribution in [0.4, 0.5) is 0 Å². The van der Waals surface area contributed by atoms with Gasteiger partial charge in [0.25, 0.3) is 5.91 Å². The number of aryl methyl sites for hydroxylation is 2. The molecule has 1 aliphatic rings. The summed E-state index contributed by atoms with van der Waals surface area (Å²) < 4.78 is 10.8. The fourth-order valence-corrected chi connectivity index (χ4v) is 4.58. The number of nitrogens with zero attached hydrogens (tertiary/aromatic N) is 1. The van der Waals surface area contributed by atoms with Crippen LogP contribution >= 0.6 is 0 Å². The summed E-state index contributed by atoms with van der Waals surface area (Å²) in [6.07, 6.45) is 3.31. The van der Waals surface area contributed by atoms with Crippen LogP contribution < -0.4 is 14.8 Å². The Hall–Kier alpha value is -3.57. The summed E-state index contributed by atoms with van der Waals surface area (Å²) in [5.41, 5.74) is 7.80. The van der Waals surface area contributed by atoms with Gasteiger partial charge >= 0.3 is 0 Å². The molecule has 1 N–H and O–H groups in total. The van der Waals surface area contributed by atoms with Crippen molar-refractivity contribution in [3.8, 4) is 11.5 Å². The van der Waals surface area contributed by atoms with Gasteiger partial charge in [-0.15, -0.1) is 0 Å². The Bertz CT molecular complexity index is 1230. The first-order chi connectivity index (χ1) is 17.0. The van der Waals surface area contributed by atoms with Gasteiger partial charge in [-0.1, -0.05) is 48.0 Å². The average molecular weight is 471 g/mol. The molecule has 1 aliphatic heterocycles. The highest BCUT2D eigenvalue weighted by atomic mass is 16.5. The predicted molar refractivity (Wildman–Crippen MR) is 141 cm³/mol. The molecule has 182 valence electrons. The Balaban J connectivity index is 1.36. The lowest BCUT2D eigenvalue weighted by atomic mass is 9.97. The first kappa shape index (κ1) is 24.6. The van der Waals surface area contributed by atoms with Crippen molar-refractivity contribution in [3.63, 3.8) is 0 Å². The lowest BCUT2D eigenvalue weighted by molar-refractivity contribution is 0.0950. The second kappa shape index (κ2) is 11.2. The zero-order valence-corrected chi connectivity index (χ0v) is 21.1. The van der Waals surface area contributed by atoms with E-state index in [-0.39, 0.29) is 5.91 Å². The van der Waals surface area contributed by atoms with Crippen LogP contribution in [0.15, 0.2) is 66.7 Å². The molecule has 0 bridgehead atoms. The molecular weight excluding hydrogens is 436 g/mol. The largest absolute Gasteiger partial charge is 0.493 e. The van der Waals surface area contributed by atoms with E-state index in [1.807, 2.05) is 44.2 Å². The van der Waals surface area contributed by atoms with Crippen molar-refractivity contribution in [1.82, 2.24) is 10.2 Å². The van der Waals surface area contributed by atoms with Crippen molar-refractivity contribution in [1.29, 1.82) is 0 Å². The minimum atomic E-state index is -0.0319. The van der Waals surface area contributed by atoms with Crippen LogP contribution in [0.1, 0.15) is 44.6 Å².